The van der Waals surface area contributed by atoms with Crippen molar-refractivity contribution in [2.75, 3.05) is 18.0 Å². The van der Waals surface area contributed by atoms with Gasteiger partial charge in [0.05, 0.1) is 0 Å². The number of thioether (sulfide) groups is 1. The average molecular weight is 293 g/mol. The lowest BCUT2D eigenvalue weighted by Crippen LogP contribution is -2.32. The monoisotopic (exact) mass is 293 g/mol. The van der Waals surface area contributed by atoms with Gasteiger partial charge in [-0.3, -0.25) is 4.79 Å². The zero-order valence-electron chi connectivity index (χ0n) is 12.0. The Kier molecular flexibility index (Phi) is 5.71. The summed E-state index contributed by atoms with van der Waals surface area (Å²) in [4.78, 5) is 16.4. The van der Waals surface area contributed by atoms with E-state index in [1.165, 1.54) is 25.0 Å². The van der Waals surface area contributed by atoms with Gasteiger partial charge in [0, 0.05) is 23.1 Å². The molecule has 1 amide bonds. The molecule has 0 aromatic carbocycles. The molecule has 1 atom stereocenters. The molecule has 0 aliphatic carbocycles. The van der Waals surface area contributed by atoms with Gasteiger partial charge in [0.1, 0.15) is 5.82 Å². The Labute approximate surface area is 124 Å². The van der Waals surface area contributed by atoms with Crippen LogP contribution in [-0.4, -0.2) is 28.4 Å². The summed E-state index contributed by atoms with van der Waals surface area (Å²) in [6, 6.07) is 3.51. The molecule has 1 aliphatic rings. The fraction of sp³-hybridized carbons (Fsp3) is 0.600. The van der Waals surface area contributed by atoms with E-state index in [1.807, 2.05) is 17.8 Å². The fourth-order valence-corrected chi connectivity index (χ4v) is 3.64. The van der Waals surface area contributed by atoms with Crippen molar-refractivity contribution < 1.29 is 4.79 Å². The number of nitrogens with zero attached hydrogens (tertiary/aromatic N) is 1. The lowest BCUT2D eigenvalue weighted by molar-refractivity contribution is 0.0953. The molecule has 1 fully saturated rings. The van der Waals surface area contributed by atoms with Crippen molar-refractivity contribution in [2.24, 2.45) is 0 Å². The molecule has 0 spiro atoms. The number of carbonyl (C=O) groups excluding carboxylic acids is 1. The SMILES string of the molecule is CCCc1cc(C(=O)NCC2CCCCS2)cc(N)n1. The van der Waals surface area contributed by atoms with Gasteiger partial charge in [-0.05, 0) is 37.1 Å². The lowest BCUT2D eigenvalue weighted by Gasteiger charge is -2.21. The van der Waals surface area contributed by atoms with Crippen LogP contribution in [0, 0.1) is 0 Å². The third-order valence-corrected chi connectivity index (χ3v) is 4.83. The summed E-state index contributed by atoms with van der Waals surface area (Å²) >= 11 is 1.96. The standard InChI is InChI=1S/C15H23N3OS/c1-2-5-12-8-11(9-14(16)18-12)15(19)17-10-13-6-3-4-7-20-13/h8-9,13H,2-7,10H2,1H3,(H2,16,18)(H,17,19). The van der Waals surface area contributed by atoms with Crippen molar-refractivity contribution in [3.05, 3.63) is 23.4 Å². The molecule has 110 valence electrons. The van der Waals surface area contributed by atoms with E-state index in [1.54, 1.807) is 6.07 Å². The molecule has 0 bridgehead atoms. The number of nitrogens with one attached hydrogen (secondary N) is 1. The van der Waals surface area contributed by atoms with Crippen molar-refractivity contribution in [3.63, 3.8) is 0 Å². The molecule has 1 unspecified atom stereocenters. The van der Waals surface area contributed by atoms with Gasteiger partial charge in [0.2, 0.25) is 0 Å². The van der Waals surface area contributed by atoms with Gasteiger partial charge in [0.15, 0.2) is 0 Å². The van der Waals surface area contributed by atoms with E-state index in [4.69, 9.17) is 5.73 Å². The van der Waals surface area contributed by atoms with Crippen molar-refractivity contribution in [1.82, 2.24) is 10.3 Å². The van der Waals surface area contributed by atoms with Crippen LogP contribution < -0.4 is 11.1 Å². The summed E-state index contributed by atoms with van der Waals surface area (Å²) in [5.74, 6) is 1.60. The molecule has 4 nitrogen and oxygen atoms in total. The van der Waals surface area contributed by atoms with Gasteiger partial charge in [-0.15, -0.1) is 0 Å². The zero-order chi connectivity index (χ0) is 14.4. The van der Waals surface area contributed by atoms with E-state index in [2.05, 4.69) is 17.2 Å². The Hall–Kier alpha value is -1.23. The second-order valence-electron chi connectivity index (χ2n) is 5.22. The molecule has 3 N–H and O–H groups in total. The van der Waals surface area contributed by atoms with Crippen LogP contribution in [0.25, 0.3) is 0 Å². The molecule has 1 aromatic heterocycles. The van der Waals surface area contributed by atoms with Crippen LogP contribution in [0.15, 0.2) is 12.1 Å². The third-order valence-electron chi connectivity index (χ3n) is 3.43. The van der Waals surface area contributed by atoms with Crippen molar-refractivity contribution in [2.45, 2.75) is 44.3 Å². The number of hydrogen-bond donors (Lipinski definition) is 2. The number of hydrogen-bond acceptors (Lipinski definition) is 4. The van der Waals surface area contributed by atoms with Gasteiger partial charge in [-0.1, -0.05) is 19.8 Å². The molecule has 2 heterocycles. The molecule has 0 saturated carbocycles. The summed E-state index contributed by atoms with van der Waals surface area (Å²) < 4.78 is 0. The number of nitrogen functional groups attached to an aromatic ring is 1. The lowest BCUT2D eigenvalue weighted by atomic mass is 10.1. The molecule has 1 saturated heterocycles. The molecule has 20 heavy (non-hydrogen) atoms. The van der Waals surface area contributed by atoms with Gasteiger partial charge >= 0.3 is 0 Å². The molecular weight excluding hydrogens is 270 g/mol. The van der Waals surface area contributed by atoms with Crippen molar-refractivity contribution in [3.8, 4) is 0 Å². The van der Waals surface area contributed by atoms with E-state index in [0.717, 1.165) is 25.1 Å². The first-order chi connectivity index (χ1) is 9.69. The first kappa shape index (κ1) is 15.2. The highest BCUT2D eigenvalue weighted by atomic mass is 32.2. The molecule has 2 rings (SSSR count). The third kappa shape index (κ3) is 4.40. The maximum absolute atomic E-state index is 12.2. The Morgan fingerprint density at radius 2 is 2.35 bits per heavy atom. The number of aromatic nitrogens is 1. The quantitative estimate of drug-likeness (QED) is 0.875. The van der Waals surface area contributed by atoms with Crippen LogP contribution in [0.5, 0.6) is 0 Å². The van der Waals surface area contributed by atoms with Crippen molar-refractivity contribution in [1.29, 1.82) is 0 Å². The molecule has 5 heteroatoms. The first-order valence-corrected chi connectivity index (χ1v) is 8.40. The summed E-state index contributed by atoms with van der Waals surface area (Å²) in [6.07, 6.45) is 5.62. The summed E-state index contributed by atoms with van der Waals surface area (Å²) in [6.45, 7) is 2.83. The van der Waals surface area contributed by atoms with E-state index < -0.39 is 0 Å². The number of anilines is 1. The Balaban J connectivity index is 1.93. The van der Waals surface area contributed by atoms with Crippen LogP contribution in [0.2, 0.25) is 0 Å². The van der Waals surface area contributed by atoms with Gasteiger partial charge in [-0.2, -0.15) is 11.8 Å². The van der Waals surface area contributed by atoms with Crippen LogP contribution in [0.3, 0.4) is 0 Å². The maximum atomic E-state index is 12.2. The van der Waals surface area contributed by atoms with Crippen molar-refractivity contribution >= 4 is 23.5 Å². The largest absolute Gasteiger partial charge is 0.384 e. The smallest absolute Gasteiger partial charge is 0.251 e. The van der Waals surface area contributed by atoms with Gasteiger partial charge < -0.3 is 11.1 Å². The minimum Gasteiger partial charge on any atom is -0.384 e. The fourth-order valence-electron chi connectivity index (χ4n) is 2.40. The van der Waals surface area contributed by atoms with E-state index in [-0.39, 0.29) is 5.91 Å². The minimum absolute atomic E-state index is 0.0392. The summed E-state index contributed by atoms with van der Waals surface area (Å²) in [7, 11) is 0. The van der Waals surface area contributed by atoms with Crippen LogP contribution in [0.1, 0.15) is 48.7 Å². The molecule has 1 aromatic rings. The highest BCUT2D eigenvalue weighted by molar-refractivity contribution is 7.99. The summed E-state index contributed by atoms with van der Waals surface area (Å²) in [5, 5.41) is 3.58. The molecule has 0 radical (unpaired) electrons. The number of carbonyl (C=O) groups is 1. The normalized spacial score (nSPS) is 18.8. The van der Waals surface area contributed by atoms with Crippen LogP contribution >= 0.6 is 11.8 Å². The average Bonchev–Trinajstić information content (AvgIpc) is 2.45. The van der Waals surface area contributed by atoms with Crippen LogP contribution in [0.4, 0.5) is 5.82 Å². The number of aryl methyl sites for hydroxylation is 1. The first-order valence-electron chi connectivity index (χ1n) is 7.35. The van der Waals surface area contributed by atoms with Crippen LogP contribution in [-0.2, 0) is 6.42 Å². The Morgan fingerprint density at radius 3 is 3.05 bits per heavy atom. The number of rotatable bonds is 5. The second-order valence-corrected chi connectivity index (χ2v) is 6.63. The maximum Gasteiger partial charge on any atom is 0.251 e. The molecular formula is C15H23N3OS. The van der Waals surface area contributed by atoms with E-state index in [0.29, 0.717) is 16.6 Å². The zero-order valence-corrected chi connectivity index (χ0v) is 12.8. The highest BCUT2D eigenvalue weighted by Gasteiger charge is 2.16. The molecule has 1 aliphatic heterocycles. The predicted octanol–water partition coefficient (Wildman–Crippen LogP) is 2.63. The summed E-state index contributed by atoms with van der Waals surface area (Å²) in [5.41, 5.74) is 7.29. The Morgan fingerprint density at radius 1 is 1.50 bits per heavy atom. The second kappa shape index (κ2) is 7.53. The number of amides is 1. The van der Waals surface area contributed by atoms with Gasteiger partial charge in [0.25, 0.3) is 5.91 Å². The number of nitrogens with two attached hydrogens (primary N) is 1. The predicted molar refractivity (Wildman–Crippen MR) is 85.1 cm³/mol. The van der Waals surface area contributed by atoms with E-state index in [9.17, 15) is 4.79 Å². The topological polar surface area (TPSA) is 68.0 Å². The van der Waals surface area contributed by atoms with Gasteiger partial charge in [-0.25, -0.2) is 4.98 Å². The minimum atomic E-state index is -0.0392. The van der Waals surface area contributed by atoms with E-state index >= 15 is 0 Å². The highest BCUT2D eigenvalue weighted by Crippen LogP contribution is 2.24. The Bertz CT molecular complexity index is 458. The number of pyridine rings is 1.